The third kappa shape index (κ3) is 5.84. The average molecular weight is 408 g/mol. The molecule has 0 aliphatic carbocycles. The Balaban J connectivity index is 1.44. The Labute approximate surface area is 167 Å². The lowest BCUT2D eigenvalue weighted by Gasteiger charge is -2.33. The summed E-state index contributed by atoms with van der Waals surface area (Å²) in [6, 6.07) is 14.5. The molecule has 8 heteroatoms. The van der Waals surface area contributed by atoms with Crippen molar-refractivity contribution < 1.29 is 23.2 Å². The number of hydrogen-bond donors (Lipinski definition) is 2. The van der Waals surface area contributed by atoms with E-state index < -0.39 is 5.76 Å². The molecule has 1 amide bonds. The van der Waals surface area contributed by atoms with E-state index in [9.17, 15) is 13.6 Å². The summed E-state index contributed by atoms with van der Waals surface area (Å²) in [5, 5.41) is 2.84. The number of piperazine rings is 1. The SMILES string of the molecule is COc1ccc(N2CC[NH+](CC(=O)Nc3ccc(SC(F)F)cc3)CC2)cc1. The van der Waals surface area contributed by atoms with Gasteiger partial charge in [-0.3, -0.25) is 4.79 Å². The van der Waals surface area contributed by atoms with Crippen molar-refractivity contribution >= 4 is 29.0 Å². The van der Waals surface area contributed by atoms with Crippen LogP contribution in [0, 0.1) is 0 Å². The average Bonchev–Trinajstić information content (AvgIpc) is 2.70. The number of hydrogen-bond acceptors (Lipinski definition) is 4. The van der Waals surface area contributed by atoms with Crippen LogP contribution in [0.3, 0.4) is 0 Å². The number of thioether (sulfide) groups is 1. The number of amides is 1. The Kier molecular flexibility index (Phi) is 7.11. The van der Waals surface area contributed by atoms with Crippen LogP contribution in [0.4, 0.5) is 20.2 Å². The number of alkyl halides is 2. The highest BCUT2D eigenvalue weighted by Gasteiger charge is 2.22. The van der Waals surface area contributed by atoms with E-state index in [0.29, 0.717) is 28.9 Å². The van der Waals surface area contributed by atoms with Gasteiger partial charge in [0.1, 0.15) is 5.75 Å². The minimum absolute atomic E-state index is 0.0674. The van der Waals surface area contributed by atoms with E-state index in [1.54, 1.807) is 31.4 Å². The van der Waals surface area contributed by atoms with Gasteiger partial charge in [0.25, 0.3) is 11.7 Å². The van der Waals surface area contributed by atoms with Gasteiger partial charge in [-0.15, -0.1) is 0 Å². The first-order valence-electron chi connectivity index (χ1n) is 9.11. The second kappa shape index (κ2) is 9.75. The van der Waals surface area contributed by atoms with Crippen molar-refractivity contribution in [2.24, 2.45) is 0 Å². The smallest absolute Gasteiger partial charge is 0.288 e. The number of halogens is 2. The van der Waals surface area contributed by atoms with Crippen LogP contribution < -0.4 is 19.9 Å². The first-order chi connectivity index (χ1) is 13.5. The minimum atomic E-state index is -2.44. The maximum atomic E-state index is 12.3. The van der Waals surface area contributed by atoms with Gasteiger partial charge in [-0.1, -0.05) is 11.8 Å². The highest BCUT2D eigenvalue weighted by Crippen LogP contribution is 2.26. The van der Waals surface area contributed by atoms with Gasteiger partial charge in [0.2, 0.25) is 0 Å². The molecule has 0 atom stereocenters. The monoisotopic (exact) mass is 408 g/mol. The zero-order valence-electron chi connectivity index (χ0n) is 15.7. The molecule has 28 heavy (non-hydrogen) atoms. The molecular formula is C20H24F2N3O2S+. The summed E-state index contributed by atoms with van der Waals surface area (Å²) < 4.78 is 29.9. The van der Waals surface area contributed by atoms with Crippen LogP contribution in [0.15, 0.2) is 53.4 Å². The maximum Gasteiger partial charge on any atom is 0.288 e. The fraction of sp³-hybridized carbons (Fsp3) is 0.350. The van der Waals surface area contributed by atoms with Crippen LogP contribution in [0.5, 0.6) is 5.75 Å². The number of anilines is 2. The number of methoxy groups -OCH3 is 1. The molecule has 1 aliphatic heterocycles. The molecule has 2 aromatic rings. The summed E-state index contributed by atoms with van der Waals surface area (Å²) in [7, 11) is 1.65. The molecule has 0 bridgehead atoms. The minimum Gasteiger partial charge on any atom is -0.497 e. The van der Waals surface area contributed by atoms with E-state index >= 15 is 0 Å². The fourth-order valence-corrected chi connectivity index (χ4v) is 3.70. The molecule has 1 heterocycles. The van der Waals surface area contributed by atoms with Crippen molar-refractivity contribution in [1.82, 2.24) is 0 Å². The third-order valence-corrected chi connectivity index (χ3v) is 5.40. The summed E-state index contributed by atoms with van der Waals surface area (Å²) in [5.74, 6) is -1.67. The Morgan fingerprint density at radius 1 is 1.14 bits per heavy atom. The van der Waals surface area contributed by atoms with Crippen molar-refractivity contribution in [2.45, 2.75) is 10.7 Å². The van der Waals surface area contributed by atoms with E-state index in [4.69, 9.17) is 4.74 Å². The molecule has 0 unspecified atom stereocenters. The van der Waals surface area contributed by atoms with Gasteiger partial charge >= 0.3 is 0 Å². The van der Waals surface area contributed by atoms with Gasteiger partial charge in [0.05, 0.1) is 33.3 Å². The zero-order chi connectivity index (χ0) is 19.9. The number of rotatable bonds is 7. The fourth-order valence-electron chi connectivity index (χ4n) is 3.20. The van der Waals surface area contributed by atoms with Gasteiger partial charge in [-0.25, -0.2) is 0 Å². The number of benzene rings is 2. The summed E-state index contributed by atoms with van der Waals surface area (Å²) in [5.41, 5.74) is 1.78. The number of ether oxygens (including phenoxy) is 1. The van der Waals surface area contributed by atoms with E-state index in [1.807, 2.05) is 24.3 Å². The molecular weight excluding hydrogens is 384 g/mol. The van der Waals surface area contributed by atoms with Crippen molar-refractivity contribution in [3.63, 3.8) is 0 Å². The molecule has 1 aliphatic rings. The van der Waals surface area contributed by atoms with Crippen molar-refractivity contribution in [3.8, 4) is 5.75 Å². The van der Waals surface area contributed by atoms with Crippen LogP contribution >= 0.6 is 11.8 Å². The van der Waals surface area contributed by atoms with Gasteiger partial charge < -0.3 is 19.9 Å². The molecule has 1 saturated heterocycles. The Bertz CT molecular complexity index is 764. The number of carbonyl (C=O) groups is 1. The first-order valence-corrected chi connectivity index (χ1v) is 9.99. The summed E-state index contributed by atoms with van der Waals surface area (Å²) in [6.45, 7) is 3.92. The quantitative estimate of drug-likeness (QED) is 0.691. The van der Waals surface area contributed by atoms with Crippen LogP contribution in [0.2, 0.25) is 0 Å². The van der Waals surface area contributed by atoms with Gasteiger partial charge in [-0.2, -0.15) is 8.78 Å². The van der Waals surface area contributed by atoms with Crippen LogP contribution in [0.25, 0.3) is 0 Å². The van der Waals surface area contributed by atoms with Crippen molar-refractivity contribution in [3.05, 3.63) is 48.5 Å². The molecule has 150 valence electrons. The predicted molar refractivity (Wildman–Crippen MR) is 108 cm³/mol. The summed E-state index contributed by atoms with van der Waals surface area (Å²) in [6.07, 6.45) is 0. The predicted octanol–water partition coefficient (Wildman–Crippen LogP) is 2.35. The first kappa shape index (κ1) is 20.4. The van der Waals surface area contributed by atoms with E-state index in [0.717, 1.165) is 37.6 Å². The van der Waals surface area contributed by atoms with E-state index in [-0.39, 0.29) is 5.91 Å². The molecule has 1 fully saturated rings. The number of nitrogens with zero attached hydrogens (tertiary/aromatic N) is 1. The Hall–Kier alpha value is -2.32. The molecule has 0 saturated carbocycles. The lowest BCUT2D eigenvalue weighted by molar-refractivity contribution is -0.892. The van der Waals surface area contributed by atoms with Crippen molar-refractivity contribution in [1.29, 1.82) is 0 Å². The molecule has 5 nitrogen and oxygen atoms in total. The topological polar surface area (TPSA) is 46.0 Å². The number of nitrogens with one attached hydrogen (secondary N) is 2. The van der Waals surface area contributed by atoms with Crippen molar-refractivity contribution in [2.75, 3.05) is 50.1 Å². The molecule has 0 radical (unpaired) electrons. The molecule has 0 spiro atoms. The third-order valence-electron chi connectivity index (χ3n) is 4.68. The Morgan fingerprint density at radius 3 is 2.36 bits per heavy atom. The van der Waals surface area contributed by atoms with E-state index in [2.05, 4.69) is 10.2 Å². The van der Waals surface area contributed by atoms with Crippen LogP contribution in [0.1, 0.15) is 0 Å². The summed E-state index contributed by atoms with van der Waals surface area (Å²) in [4.78, 5) is 16.3. The standard InChI is InChI=1S/C20H23F2N3O2S/c1-27-17-6-4-16(5-7-17)25-12-10-24(11-13-25)14-19(26)23-15-2-8-18(9-3-15)28-20(21)22/h2-9,20H,10-14H2,1H3,(H,23,26)/p+1. The Morgan fingerprint density at radius 2 is 1.79 bits per heavy atom. The highest BCUT2D eigenvalue weighted by molar-refractivity contribution is 7.99. The van der Waals surface area contributed by atoms with E-state index in [1.165, 1.54) is 4.90 Å². The van der Waals surface area contributed by atoms with Gasteiger partial charge in [0, 0.05) is 16.3 Å². The summed E-state index contributed by atoms with van der Waals surface area (Å²) >= 11 is 0.493. The molecule has 2 aromatic carbocycles. The van der Waals surface area contributed by atoms with Gasteiger partial charge in [0.15, 0.2) is 6.54 Å². The zero-order valence-corrected chi connectivity index (χ0v) is 16.5. The largest absolute Gasteiger partial charge is 0.497 e. The number of quaternary nitrogens is 1. The van der Waals surface area contributed by atoms with Crippen LogP contribution in [-0.2, 0) is 4.79 Å². The van der Waals surface area contributed by atoms with Crippen LogP contribution in [-0.4, -0.2) is 51.5 Å². The highest BCUT2D eigenvalue weighted by atomic mass is 32.2. The maximum absolute atomic E-state index is 12.3. The second-order valence-electron chi connectivity index (χ2n) is 6.56. The number of carbonyl (C=O) groups excluding carboxylic acids is 1. The molecule has 0 aromatic heterocycles. The normalized spacial score (nSPS) is 14.9. The molecule has 2 N–H and O–H groups in total. The molecule has 3 rings (SSSR count). The lowest BCUT2D eigenvalue weighted by Crippen LogP contribution is -3.15. The second-order valence-corrected chi connectivity index (χ2v) is 7.63. The lowest BCUT2D eigenvalue weighted by atomic mass is 10.2. The van der Waals surface area contributed by atoms with Gasteiger partial charge in [-0.05, 0) is 48.5 Å².